The Morgan fingerprint density at radius 1 is 0.551 bits per heavy atom. The van der Waals surface area contributed by atoms with Gasteiger partial charge in [0.2, 0.25) is 11.8 Å². The lowest BCUT2D eigenvalue weighted by molar-refractivity contribution is -0.122. The summed E-state index contributed by atoms with van der Waals surface area (Å²) < 4.78 is 27.5. The Morgan fingerprint density at radius 3 is 1.31 bits per heavy atom. The Kier molecular flexibility index (Phi) is 19.0. The fourth-order valence-corrected chi connectivity index (χ4v) is 9.32. The predicted octanol–water partition coefficient (Wildman–Crippen LogP) is 0.753. The van der Waals surface area contributed by atoms with Gasteiger partial charge >= 0.3 is 12.1 Å². The van der Waals surface area contributed by atoms with Crippen LogP contribution in [0.1, 0.15) is 51.4 Å². The van der Waals surface area contributed by atoms with Gasteiger partial charge in [0.1, 0.15) is 0 Å². The monoisotopic (exact) mass is 732 g/mol. The van der Waals surface area contributed by atoms with Gasteiger partial charge in [-0.2, -0.15) is 23.5 Å². The summed E-state index contributed by atoms with van der Waals surface area (Å²) in [7, 11) is 0. The van der Waals surface area contributed by atoms with Crippen LogP contribution in [0.15, 0.2) is 0 Å². The number of nitrogens with one attached hydrogen (secondary N) is 6. The number of ether oxygens (including phenoxy) is 5. The van der Waals surface area contributed by atoms with Crippen LogP contribution in [0, 0.1) is 0 Å². The molecule has 0 aromatic heterocycles. The van der Waals surface area contributed by atoms with Gasteiger partial charge in [-0.15, -0.1) is 0 Å². The lowest BCUT2D eigenvalue weighted by Crippen LogP contribution is -2.36. The zero-order chi connectivity index (χ0) is 34.5. The molecule has 0 bridgehead atoms. The van der Waals surface area contributed by atoms with E-state index in [2.05, 4.69) is 31.9 Å². The maximum Gasteiger partial charge on any atom is 0.315 e. The third-order valence-corrected chi connectivity index (χ3v) is 11.8. The number of urea groups is 2. The van der Waals surface area contributed by atoms with Gasteiger partial charge in [-0.3, -0.25) is 9.59 Å². The molecule has 0 aromatic rings. The molecule has 4 aliphatic rings. The van der Waals surface area contributed by atoms with Gasteiger partial charge in [-0.05, 0) is 25.7 Å². The molecule has 0 spiro atoms. The molecule has 6 amide bonds. The highest BCUT2D eigenvalue weighted by atomic mass is 32.2. The SMILES string of the molecule is O=C(CCCCC1SCC2NC(=O)NC21)NCCOCCOCCOCCOCCOCCNC(=O)CCCCC1SCC2NC(=O)NC21. The minimum absolute atomic E-state index is 0.0400. The first-order valence-electron chi connectivity index (χ1n) is 17.8. The molecule has 4 rings (SSSR count). The van der Waals surface area contributed by atoms with E-state index < -0.39 is 0 Å². The van der Waals surface area contributed by atoms with E-state index in [1.165, 1.54) is 0 Å². The third-order valence-electron chi connectivity index (χ3n) is 8.79. The van der Waals surface area contributed by atoms with Crippen LogP contribution in [0.3, 0.4) is 0 Å². The molecule has 4 saturated heterocycles. The molecule has 6 atom stereocenters. The van der Waals surface area contributed by atoms with Gasteiger partial charge in [-0.1, -0.05) is 12.8 Å². The Balaban J connectivity index is 0.794. The summed E-state index contributed by atoms with van der Waals surface area (Å²) in [5.74, 6) is 2.00. The molecule has 4 heterocycles. The predicted molar refractivity (Wildman–Crippen MR) is 188 cm³/mol. The number of thioether (sulfide) groups is 2. The Labute approximate surface area is 298 Å². The summed E-state index contributed by atoms with van der Waals surface area (Å²) in [5.41, 5.74) is 0. The van der Waals surface area contributed by atoms with Crippen LogP contribution in [0.2, 0.25) is 0 Å². The molecule has 0 saturated carbocycles. The largest absolute Gasteiger partial charge is 0.377 e. The van der Waals surface area contributed by atoms with Gasteiger partial charge in [0, 0.05) is 47.9 Å². The summed E-state index contributed by atoms with van der Waals surface area (Å²) in [6.07, 6.45) is 6.65. The smallest absolute Gasteiger partial charge is 0.315 e. The molecule has 0 radical (unpaired) electrons. The quantitative estimate of drug-likeness (QED) is 0.0493. The van der Waals surface area contributed by atoms with Crippen LogP contribution in [0.25, 0.3) is 0 Å². The number of rotatable bonds is 28. The molecule has 15 nitrogen and oxygen atoms in total. The minimum atomic E-state index is -0.0622. The maximum atomic E-state index is 12.0. The van der Waals surface area contributed by atoms with Gasteiger partial charge in [-0.25, -0.2) is 9.59 Å². The first-order chi connectivity index (χ1) is 24.0. The average molecular weight is 733 g/mol. The van der Waals surface area contributed by atoms with Crippen molar-refractivity contribution < 1.29 is 42.9 Å². The Morgan fingerprint density at radius 2 is 0.918 bits per heavy atom. The van der Waals surface area contributed by atoms with E-state index in [0.717, 1.165) is 50.0 Å². The van der Waals surface area contributed by atoms with Crippen molar-refractivity contribution in [2.45, 2.75) is 86.0 Å². The number of hydrogen-bond acceptors (Lipinski definition) is 11. The number of fused-ring (bicyclic) bond motifs is 2. The second-order valence-electron chi connectivity index (χ2n) is 12.5. The zero-order valence-corrected chi connectivity index (χ0v) is 30.1. The fraction of sp³-hybridized carbons (Fsp3) is 0.875. The molecule has 280 valence electrons. The second kappa shape index (κ2) is 23.5. The molecule has 17 heteroatoms. The highest BCUT2D eigenvalue weighted by Crippen LogP contribution is 2.34. The number of amides is 6. The Hall–Kier alpha value is -2.02. The van der Waals surface area contributed by atoms with Crippen LogP contribution in [-0.4, -0.2) is 149 Å². The number of unbranched alkanes of at least 4 members (excludes halogenated alkanes) is 2. The van der Waals surface area contributed by atoms with E-state index in [1.807, 2.05) is 23.5 Å². The van der Waals surface area contributed by atoms with Crippen LogP contribution in [-0.2, 0) is 33.3 Å². The van der Waals surface area contributed by atoms with E-state index in [9.17, 15) is 19.2 Å². The van der Waals surface area contributed by atoms with Crippen molar-refractivity contribution in [3.05, 3.63) is 0 Å². The lowest BCUT2D eigenvalue weighted by atomic mass is 10.0. The first kappa shape index (κ1) is 39.8. The molecule has 49 heavy (non-hydrogen) atoms. The van der Waals surface area contributed by atoms with Gasteiger partial charge < -0.3 is 55.6 Å². The summed E-state index contributed by atoms with van der Waals surface area (Å²) >= 11 is 3.80. The van der Waals surface area contributed by atoms with Crippen molar-refractivity contribution >= 4 is 47.4 Å². The lowest BCUT2D eigenvalue weighted by Gasteiger charge is -2.16. The number of carbonyl (C=O) groups is 4. The highest BCUT2D eigenvalue weighted by Gasteiger charge is 2.43. The topological polar surface area (TPSA) is 187 Å². The van der Waals surface area contributed by atoms with Gasteiger partial charge in [0.05, 0.1) is 90.2 Å². The highest BCUT2D eigenvalue weighted by molar-refractivity contribution is 8.00. The summed E-state index contributed by atoms with van der Waals surface area (Å²) in [6, 6.07) is 0.805. The minimum Gasteiger partial charge on any atom is -0.377 e. The first-order valence-corrected chi connectivity index (χ1v) is 19.9. The van der Waals surface area contributed by atoms with Crippen LogP contribution in [0.5, 0.6) is 0 Å². The molecule has 0 aliphatic carbocycles. The van der Waals surface area contributed by atoms with Crippen molar-refractivity contribution in [1.29, 1.82) is 0 Å². The van der Waals surface area contributed by atoms with E-state index in [4.69, 9.17) is 23.7 Å². The van der Waals surface area contributed by atoms with Crippen LogP contribution in [0.4, 0.5) is 9.59 Å². The molecule has 4 fully saturated rings. The average Bonchev–Trinajstić information content (AvgIpc) is 3.84. The molecular formula is C32H56N6O9S2. The van der Waals surface area contributed by atoms with Crippen molar-refractivity contribution in [2.75, 3.05) is 90.7 Å². The van der Waals surface area contributed by atoms with Gasteiger partial charge in [0.25, 0.3) is 0 Å². The number of carbonyl (C=O) groups excluding carboxylic acids is 4. The van der Waals surface area contributed by atoms with Gasteiger partial charge in [0.15, 0.2) is 0 Å². The molecule has 0 aromatic carbocycles. The van der Waals surface area contributed by atoms with Crippen molar-refractivity contribution in [2.24, 2.45) is 0 Å². The van der Waals surface area contributed by atoms with Crippen LogP contribution >= 0.6 is 23.5 Å². The van der Waals surface area contributed by atoms with E-state index in [0.29, 0.717) is 102 Å². The molecule has 4 aliphatic heterocycles. The standard InChI is InChI=1S/C32H56N6O9S2/c39-27(7-3-1-5-25-29-23(21-48-25)35-31(41)37-29)33-9-11-43-13-15-45-17-19-47-20-18-46-16-14-44-12-10-34-28(40)8-4-2-6-26-30-24(22-49-26)36-32(42)38-30/h23-26,29-30H,1-22H2,(H,33,39)(H,34,40)(H2,35,37,41)(H2,36,38,42). The summed E-state index contributed by atoms with van der Waals surface area (Å²) in [5, 5.41) is 18.6. The van der Waals surface area contributed by atoms with E-state index >= 15 is 0 Å². The Bertz CT molecular complexity index is 942. The van der Waals surface area contributed by atoms with Crippen LogP contribution < -0.4 is 31.9 Å². The molecular weight excluding hydrogens is 677 g/mol. The van der Waals surface area contributed by atoms with Crippen molar-refractivity contribution in [3.8, 4) is 0 Å². The second-order valence-corrected chi connectivity index (χ2v) is 15.0. The summed E-state index contributed by atoms with van der Waals surface area (Å²) in [6.45, 7) is 5.56. The van der Waals surface area contributed by atoms with Crippen molar-refractivity contribution in [3.63, 3.8) is 0 Å². The molecule has 6 unspecified atom stereocenters. The third kappa shape index (κ3) is 15.4. The van der Waals surface area contributed by atoms with E-state index in [1.54, 1.807) is 0 Å². The fourth-order valence-electron chi connectivity index (χ4n) is 6.23. The van der Waals surface area contributed by atoms with E-state index in [-0.39, 0.29) is 48.0 Å². The van der Waals surface area contributed by atoms with Crippen molar-refractivity contribution in [1.82, 2.24) is 31.9 Å². The number of hydrogen-bond donors (Lipinski definition) is 6. The summed E-state index contributed by atoms with van der Waals surface area (Å²) in [4.78, 5) is 47.0. The maximum absolute atomic E-state index is 12.0. The molecule has 6 N–H and O–H groups in total. The zero-order valence-electron chi connectivity index (χ0n) is 28.5. The normalized spacial score (nSPS) is 25.3.